The van der Waals surface area contributed by atoms with Crippen molar-refractivity contribution in [2.24, 2.45) is 5.92 Å². The van der Waals surface area contributed by atoms with Crippen LogP contribution in [0.25, 0.3) is 12.2 Å². The lowest BCUT2D eigenvalue weighted by Crippen LogP contribution is -2.09. The molecule has 4 N–H and O–H groups in total. The van der Waals surface area contributed by atoms with E-state index < -0.39 is 0 Å². The van der Waals surface area contributed by atoms with Gasteiger partial charge in [0.05, 0.1) is 0 Å². The van der Waals surface area contributed by atoms with Gasteiger partial charge in [0.15, 0.2) is 0 Å². The summed E-state index contributed by atoms with van der Waals surface area (Å²) in [6.07, 6.45) is 4.60. The van der Waals surface area contributed by atoms with Gasteiger partial charge in [0.2, 0.25) is 0 Å². The standard InChI is InChI=1S/C16H24N2/c1-6-12-9-13(7-2)16(18)14(15(12)17)11(5)8-10(3)4/h6-7,9-11H,1-2,8,17-18H2,3-5H3. The normalized spacial score (nSPS) is 12.4. The molecule has 1 rings (SSSR count). The van der Waals surface area contributed by atoms with Crippen molar-refractivity contribution in [2.75, 3.05) is 11.5 Å². The van der Waals surface area contributed by atoms with Crippen molar-refractivity contribution < 1.29 is 0 Å². The van der Waals surface area contributed by atoms with Gasteiger partial charge in [-0.15, -0.1) is 0 Å². The molecule has 0 spiro atoms. The van der Waals surface area contributed by atoms with Crippen molar-refractivity contribution in [3.63, 3.8) is 0 Å². The first-order valence-corrected chi connectivity index (χ1v) is 6.39. The van der Waals surface area contributed by atoms with Crippen LogP contribution in [0.4, 0.5) is 11.4 Å². The molecule has 2 nitrogen and oxygen atoms in total. The molecular formula is C16H24N2. The Hall–Kier alpha value is -1.70. The second kappa shape index (κ2) is 5.76. The Morgan fingerprint density at radius 3 is 1.83 bits per heavy atom. The maximum Gasteiger partial charge on any atom is 0.0443 e. The number of anilines is 2. The first-order chi connectivity index (χ1) is 8.42. The van der Waals surface area contributed by atoms with E-state index in [1.54, 1.807) is 12.2 Å². The van der Waals surface area contributed by atoms with E-state index in [1.807, 2.05) is 6.07 Å². The van der Waals surface area contributed by atoms with Gasteiger partial charge in [-0.05, 0) is 35.4 Å². The van der Waals surface area contributed by atoms with Gasteiger partial charge in [-0.25, -0.2) is 0 Å². The summed E-state index contributed by atoms with van der Waals surface area (Å²) in [6.45, 7) is 14.2. The number of hydrogen-bond acceptors (Lipinski definition) is 2. The van der Waals surface area contributed by atoms with E-state index in [2.05, 4.69) is 33.9 Å². The van der Waals surface area contributed by atoms with Crippen LogP contribution in [0.3, 0.4) is 0 Å². The molecule has 0 amide bonds. The van der Waals surface area contributed by atoms with Crippen LogP contribution in [0.5, 0.6) is 0 Å². The molecule has 1 unspecified atom stereocenters. The molecule has 0 bridgehead atoms. The number of nitrogen functional groups attached to an aromatic ring is 2. The molecule has 0 aliphatic carbocycles. The predicted molar refractivity (Wildman–Crippen MR) is 83.3 cm³/mol. The summed E-state index contributed by atoms with van der Waals surface area (Å²) in [4.78, 5) is 0. The summed E-state index contributed by atoms with van der Waals surface area (Å²) in [5.74, 6) is 0.946. The lowest BCUT2D eigenvalue weighted by molar-refractivity contribution is 0.525. The van der Waals surface area contributed by atoms with E-state index in [1.165, 1.54) is 0 Å². The summed E-state index contributed by atoms with van der Waals surface area (Å²) in [7, 11) is 0. The van der Waals surface area contributed by atoms with Crippen LogP contribution in [0.1, 0.15) is 49.8 Å². The summed E-state index contributed by atoms with van der Waals surface area (Å²) in [6, 6.07) is 1.94. The Balaban J connectivity index is 3.40. The van der Waals surface area contributed by atoms with Crippen molar-refractivity contribution in [2.45, 2.75) is 33.1 Å². The minimum atomic E-state index is 0.337. The molecule has 1 aromatic rings. The predicted octanol–water partition coefficient (Wildman–Crippen LogP) is 4.29. The number of hydrogen-bond donors (Lipinski definition) is 2. The highest BCUT2D eigenvalue weighted by atomic mass is 14.6. The zero-order valence-electron chi connectivity index (χ0n) is 11.7. The molecule has 2 heteroatoms. The van der Waals surface area contributed by atoms with Gasteiger partial charge in [0.1, 0.15) is 0 Å². The van der Waals surface area contributed by atoms with E-state index in [4.69, 9.17) is 11.5 Å². The monoisotopic (exact) mass is 244 g/mol. The molecular weight excluding hydrogens is 220 g/mol. The van der Waals surface area contributed by atoms with Gasteiger partial charge in [0.25, 0.3) is 0 Å². The van der Waals surface area contributed by atoms with Crippen LogP contribution >= 0.6 is 0 Å². The zero-order valence-corrected chi connectivity index (χ0v) is 11.7. The average molecular weight is 244 g/mol. The lowest BCUT2D eigenvalue weighted by Gasteiger charge is -2.21. The first-order valence-electron chi connectivity index (χ1n) is 6.39. The fourth-order valence-corrected chi connectivity index (χ4v) is 2.47. The minimum Gasteiger partial charge on any atom is -0.398 e. The fourth-order valence-electron chi connectivity index (χ4n) is 2.47. The van der Waals surface area contributed by atoms with Crippen LogP contribution in [-0.4, -0.2) is 0 Å². The maximum absolute atomic E-state index is 6.21. The molecule has 0 heterocycles. The third-order valence-corrected chi connectivity index (χ3v) is 3.27. The molecule has 0 aliphatic rings. The second-order valence-electron chi connectivity index (χ2n) is 5.23. The van der Waals surface area contributed by atoms with Crippen LogP contribution < -0.4 is 11.5 Å². The second-order valence-corrected chi connectivity index (χ2v) is 5.23. The minimum absolute atomic E-state index is 0.337. The smallest absolute Gasteiger partial charge is 0.0443 e. The molecule has 1 aromatic carbocycles. The molecule has 98 valence electrons. The maximum atomic E-state index is 6.21. The average Bonchev–Trinajstić information content (AvgIpc) is 2.28. The van der Waals surface area contributed by atoms with E-state index in [0.29, 0.717) is 11.8 Å². The zero-order chi connectivity index (χ0) is 13.9. The van der Waals surface area contributed by atoms with E-state index in [0.717, 1.165) is 34.5 Å². The molecule has 1 atom stereocenters. The third-order valence-electron chi connectivity index (χ3n) is 3.27. The number of rotatable bonds is 5. The third kappa shape index (κ3) is 2.76. The highest BCUT2D eigenvalue weighted by Gasteiger charge is 2.18. The van der Waals surface area contributed by atoms with Crippen LogP contribution in [0.15, 0.2) is 19.2 Å². The summed E-state index contributed by atoms with van der Waals surface area (Å²) in [5.41, 5.74) is 16.8. The number of benzene rings is 1. The van der Waals surface area contributed by atoms with Gasteiger partial charge < -0.3 is 11.5 Å². The molecule has 0 aromatic heterocycles. The quantitative estimate of drug-likeness (QED) is 0.759. The molecule has 0 fully saturated rings. The Labute approximate surface area is 110 Å². The summed E-state index contributed by atoms with van der Waals surface area (Å²) >= 11 is 0. The number of nitrogens with two attached hydrogens (primary N) is 2. The fraction of sp³-hybridized carbons (Fsp3) is 0.375. The van der Waals surface area contributed by atoms with Crippen LogP contribution in [0.2, 0.25) is 0 Å². The van der Waals surface area contributed by atoms with Crippen molar-refractivity contribution >= 4 is 23.5 Å². The van der Waals surface area contributed by atoms with Gasteiger partial charge in [-0.1, -0.05) is 46.1 Å². The Morgan fingerprint density at radius 1 is 1.06 bits per heavy atom. The molecule has 0 saturated heterocycles. The van der Waals surface area contributed by atoms with Gasteiger partial charge in [-0.2, -0.15) is 0 Å². The largest absolute Gasteiger partial charge is 0.398 e. The molecule has 0 aliphatic heterocycles. The first kappa shape index (κ1) is 14.4. The Morgan fingerprint density at radius 2 is 1.50 bits per heavy atom. The summed E-state index contributed by atoms with van der Waals surface area (Å²) in [5, 5.41) is 0. The van der Waals surface area contributed by atoms with Gasteiger partial charge in [0, 0.05) is 16.9 Å². The van der Waals surface area contributed by atoms with E-state index in [-0.39, 0.29) is 0 Å². The Kier molecular flexibility index (Phi) is 4.60. The van der Waals surface area contributed by atoms with Gasteiger partial charge >= 0.3 is 0 Å². The van der Waals surface area contributed by atoms with Crippen LogP contribution in [-0.2, 0) is 0 Å². The van der Waals surface area contributed by atoms with E-state index in [9.17, 15) is 0 Å². The SMILES string of the molecule is C=Cc1cc(C=C)c(N)c(C(C)CC(C)C)c1N. The Bertz CT molecular complexity index is 426. The lowest BCUT2D eigenvalue weighted by atomic mass is 9.86. The molecule has 0 saturated carbocycles. The van der Waals surface area contributed by atoms with Crippen LogP contribution in [0, 0.1) is 5.92 Å². The van der Waals surface area contributed by atoms with E-state index >= 15 is 0 Å². The van der Waals surface area contributed by atoms with Crippen molar-refractivity contribution in [3.05, 3.63) is 35.9 Å². The highest BCUT2D eigenvalue weighted by molar-refractivity contribution is 5.81. The highest BCUT2D eigenvalue weighted by Crippen LogP contribution is 2.37. The summed E-state index contributed by atoms with van der Waals surface area (Å²) < 4.78 is 0. The van der Waals surface area contributed by atoms with Crippen molar-refractivity contribution in [1.82, 2.24) is 0 Å². The topological polar surface area (TPSA) is 52.0 Å². The van der Waals surface area contributed by atoms with Crippen molar-refractivity contribution in [3.8, 4) is 0 Å². The molecule has 0 radical (unpaired) electrons. The molecule has 18 heavy (non-hydrogen) atoms. The van der Waals surface area contributed by atoms with Crippen molar-refractivity contribution in [1.29, 1.82) is 0 Å². The van der Waals surface area contributed by atoms with Gasteiger partial charge in [-0.3, -0.25) is 0 Å².